The van der Waals surface area contributed by atoms with Crippen molar-refractivity contribution in [3.05, 3.63) is 0 Å². The molecular weight excluding hydrogens is 662 g/mol. The number of rotatable bonds is 12. The molecule has 3 atom stereocenters. The maximum absolute atomic E-state index is 13.8. The average molecular weight is 684 g/mol. The van der Waals surface area contributed by atoms with Crippen molar-refractivity contribution in [1.82, 2.24) is 4.72 Å². The Morgan fingerprint density at radius 2 is 1.26 bits per heavy atom. The van der Waals surface area contributed by atoms with Gasteiger partial charge in [0.25, 0.3) is 5.67 Å². The standard InChI is InChI=1S/C15H21F13N2O3S.HI/c1-30(31)5-2-4-29-34(32,33)6-3-9(12(17,18)19)7-10(13(20,21)22)8-11(16,14(23,24)25)15(26,27)28;/h9-10,29,31H,2-8H2,1H3;1H. The molecule has 3 unspecified atom stereocenters. The van der Waals surface area contributed by atoms with E-state index < -0.39 is 77.2 Å². The summed E-state index contributed by atoms with van der Waals surface area (Å²) in [6.45, 7) is -0.381. The van der Waals surface area contributed by atoms with E-state index in [0.717, 1.165) is 0 Å². The lowest BCUT2D eigenvalue weighted by atomic mass is 9.83. The number of sulfonamides is 1. The van der Waals surface area contributed by atoms with Crippen LogP contribution in [0.5, 0.6) is 0 Å². The minimum atomic E-state index is -6.92. The van der Waals surface area contributed by atoms with Gasteiger partial charge in [-0.3, -0.25) is 0 Å². The number of nitrogens with one attached hydrogen (secondary N) is 2. The van der Waals surface area contributed by atoms with Gasteiger partial charge in [0.2, 0.25) is 10.0 Å². The summed E-state index contributed by atoms with van der Waals surface area (Å²) in [4.78, 5) is 0. The highest BCUT2D eigenvalue weighted by atomic mass is 127. The third kappa shape index (κ3) is 12.2. The fourth-order valence-electron chi connectivity index (χ4n) is 2.76. The molecule has 5 nitrogen and oxygen atoms in total. The maximum atomic E-state index is 13.8. The summed E-state index contributed by atoms with van der Waals surface area (Å²) in [5, 5.41) is 8.83. The number of quaternary nitrogens is 1. The van der Waals surface area contributed by atoms with E-state index in [1.54, 1.807) is 4.72 Å². The van der Waals surface area contributed by atoms with Crippen LogP contribution in [0, 0.1) is 11.8 Å². The van der Waals surface area contributed by atoms with Crippen molar-refractivity contribution in [1.29, 1.82) is 0 Å². The Bertz CT molecular complexity index is 722. The Morgan fingerprint density at radius 3 is 1.60 bits per heavy atom. The van der Waals surface area contributed by atoms with Gasteiger partial charge in [0.1, 0.15) is 6.54 Å². The zero-order chi connectivity index (χ0) is 27.4. The zero-order valence-corrected chi connectivity index (χ0v) is 20.5. The molecule has 0 heterocycles. The van der Waals surface area contributed by atoms with Crippen molar-refractivity contribution in [3.8, 4) is 0 Å². The molecule has 0 aromatic heterocycles. The fourth-order valence-corrected chi connectivity index (χ4v) is 3.96. The van der Waals surface area contributed by atoms with Crippen molar-refractivity contribution in [2.45, 2.75) is 56.1 Å². The van der Waals surface area contributed by atoms with Crippen LogP contribution in [0.2, 0.25) is 0 Å². The molecule has 0 spiro atoms. The highest BCUT2D eigenvalue weighted by Crippen LogP contribution is 2.53. The van der Waals surface area contributed by atoms with Crippen molar-refractivity contribution < 1.29 is 99.7 Å². The van der Waals surface area contributed by atoms with Crippen LogP contribution in [0.1, 0.15) is 25.7 Å². The van der Waals surface area contributed by atoms with Gasteiger partial charge in [-0.05, 0) is 12.8 Å². The first-order chi connectivity index (χ1) is 14.8. The van der Waals surface area contributed by atoms with E-state index in [-0.39, 0.29) is 48.6 Å². The minimum absolute atomic E-state index is 0. The SMILES string of the molecule is C[NH+](O)CCCNS(=O)(=O)CCC(CC(CC(F)(C(F)(F)F)C(F)(F)F)C(F)(F)F)C(F)(F)F.[I-]. The Kier molecular flexibility index (Phi) is 13.6. The molecule has 0 aliphatic carbocycles. The van der Waals surface area contributed by atoms with Crippen LogP contribution in [0.15, 0.2) is 0 Å². The number of alkyl halides is 13. The van der Waals surface area contributed by atoms with Crippen LogP contribution in [-0.2, 0) is 10.0 Å². The summed E-state index contributed by atoms with van der Waals surface area (Å²) in [6.07, 6.45) is -33.1. The van der Waals surface area contributed by atoms with E-state index in [1.165, 1.54) is 7.05 Å². The third-order valence-corrected chi connectivity index (χ3v) is 6.11. The quantitative estimate of drug-likeness (QED) is 0.122. The molecule has 3 N–H and O–H groups in total. The van der Waals surface area contributed by atoms with Gasteiger partial charge >= 0.3 is 24.7 Å². The minimum Gasteiger partial charge on any atom is -1.00 e. The molecule has 0 radical (unpaired) electrons. The largest absolute Gasteiger partial charge is 1.00 e. The smallest absolute Gasteiger partial charge is 0.431 e. The van der Waals surface area contributed by atoms with Crippen LogP contribution < -0.4 is 33.8 Å². The first-order valence-corrected chi connectivity index (χ1v) is 10.9. The topological polar surface area (TPSA) is 70.8 Å². The molecule has 35 heavy (non-hydrogen) atoms. The lowest BCUT2D eigenvalue weighted by Crippen LogP contribution is -3.06. The van der Waals surface area contributed by atoms with Gasteiger partial charge in [-0.25, -0.2) is 22.7 Å². The summed E-state index contributed by atoms with van der Waals surface area (Å²) in [6, 6.07) is 0. The van der Waals surface area contributed by atoms with E-state index in [9.17, 15) is 65.5 Å². The average Bonchev–Trinajstić information content (AvgIpc) is 2.57. The van der Waals surface area contributed by atoms with Crippen molar-refractivity contribution >= 4 is 10.0 Å². The van der Waals surface area contributed by atoms with Gasteiger partial charge in [-0.2, -0.15) is 57.7 Å². The van der Waals surface area contributed by atoms with E-state index in [0.29, 0.717) is 0 Å². The molecule has 0 saturated heterocycles. The van der Waals surface area contributed by atoms with E-state index in [4.69, 9.17) is 5.21 Å². The van der Waals surface area contributed by atoms with Crippen LogP contribution in [0.4, 0.5) is 57.1 Å². The second-order valence-electron chi connectivity index (χ2n) is 7.55. The monoisotopic (exact) mass is 684 g/mol. The van der Waals surface area contributed by atoms with Gasteiger partial charge in [-0.15, -0.1) is 0 Å². The van der Waals surface area contributed by atoms with Crippen LogP contribution in [-0.4, -0.2) is 69.9 Å². The van der Waals surface area contributed by atoms with Crippen LogP contribution in [0.3, 0.4) is 0 Å². The summed E-state index contributed by atoms with van der Waals surface area (Å²) >= 11 is 0. The molecule has 0 aromatic rings. The number of halogens is 14. The van der Waals surface area contributed by atoms with Gasteiger partial charge in [0.05, 0.1) is 24.6 Å². The second kappa shape index (κ2) is 12.9. The van der Waals surface area contributed by atoms with Gasteiger partial charge in [0, 0.05) is 19.4 Å². The molecular formula is C15H22F13IN2O3S. The zero-order valence-electron chi connectivity index (χ0n) is 17.6. The summed E-state index contributed by atoms with van der Waals surface area (Å²) < 4.78 is 194. The summed E-state index contributed by atoms with van der Waals surface area (Å²) in [7, 11) is -3.28. The summed E-state index contributed by atoms with van der Waals surface area (Å²) in [5.41, 5.74) is -6.45. The first kappa shape index (κ1) is 36.8. The molecule has 20 heteroatoms. The molecule has 214 valence electrons. The Labute approximate surface area is 208 Å². The van der Waals surface area contributed by atoms with Gasteiger partial charge in [-0.1, -0.05) is 0 Å². The van der Waals surface area contributed by atoms with E-state index in [2.05, 4.69) is 0 Å². The molecule has 0 amide bonds. The Balaban J connectivity index is 0. The number of hydrogen-bond acceptors (Lipinski definition) is 3. The predicted octanol–water partition coefficient (Wildman–Crippen LogP) is 0.564. The molecule has 0 aliphatic rings. The second-order valence-corrected chi connectivity index (χ2v) is 9.48. The fraction of sp³-hybridized carbons (Fsp3) is 1.00. The van der Waals surface area contributed by atoms with Crippen molar-refractivity contribution in [2.75, 3.05) is 25.9 Å². The lowest BCUT2D eigenvalue weighted by molar-refractivity contribution is -1.07. The number of hydroxylamine groups is 2. The molecule has 0 saturated carbocycles. The number of hydrogen-bond donors (Lipinski definition) is 3. The molecule has 0 rings (SSSR count). The third-order valence-electron chi connectivity index (χ3n) is 4.69. The Morgan fingerprint density at radius 1 is 0.829 bits per heavy atom. The van der Waals surface area contributed by atoms with Crippen molar-refractivity contribution in [3.63, 3.8) is 0 Å². The highest BCUT2D eigenvalue weighted by Gasteiger charge is 2.74. The van der Waals surface area contributed by atoms with Gasteiger partial charge < -0.3 is 24.0 Å². The van der Waals surface area contributed by atoms with Crippen molar-refractivity contribution in [2.24, 2.45) is 11.8 Å². The normalized spacial score (nSPS) is 17.0. The van der Waals surface area contributed by atoms with Crippen LogP contribution in [0.25, 0.3) is 0 Å². The Hall–Kier alpha value is -0.350. The molecule has 0 bridgehead atoms. The highest BCUT2D eigenvalue weighted by molar-refractivity contribution is 7.89. The van der Waals surface area contributed by atoms with E-state index in [1.807, 2.05) is 0 Å². The molecule has 0 aliphatic heterocycles. The molecule has 0 fully saturated rings. The lowest BCUT2D eigenvalue weighted by Gasteiger charge is -2.35. The summed E-state index contributed by atoms with van der Waals surface area (Å²) in [5.74, 6) is -8.83. The van der Waals surface area contributed by atoms with Gasteiger partial charge in [0.15, 0.2) is 0 Å². The predicted molar refractivity (Wildman–Crippen MR) is 88.8 cm³/mol. The van der Waals surface area contributed by atoms with E-state index >= 15 is 0 Å². The first-order valence-electron chi connectivity index (χ1n) is 9.28. The molecule has 0 aromatic carbocycles. The van der Waals surface area contributed by atoms with Crippen LogP contribution >= 0.6 is 0 Å². The maximum Gasteiger partial charge on any atom is 0.431 e.